The molecule has 2 amide bonds. The second kappa shape index (κ2) is 5.63. The van der Waals surface area contributed by atoms with Crippen molar-refractivity contribution in [1.29, 1.82) is 0 Å². The van der Waals surface area contributed by atoms with Crippen molar-refractivity contribution >= 4 is 11.8 Å². The Kier molecular flexibility index (Phi) is 4.09. The van der Waals surface area contributed by atoms with Crippen LogP contribution < -0.4 is 11.5 Å². The number of amides is 2. The normalized spacial score (nSPS) is 22.0. The van der Waals surface area contributed by atoms with E-state index in [1.54, 1.807) is 11.0 Å². The molecule has 1 unspecified atom stereocenters. The van der Waals surface area contributed by atoms with E-state index in [2.05, 4.69) is 0 Å². The quantitative estimate of drug-likeness (QED) is 0.839. The SMILES string of the molecule is CC1(C(N)=O)CCN(C(=O)c2cccc(CCN)c2)C1. The number of carbonyl (C=O) groups is 2. The predicted octanol–water partition coefficient (Wildman–Crippen LogP) is 0.525. The van der Waals surface area contributed by atoms with Crippen molar-refractivity contribution in [3.05, 3.63) is 35.4 Å². The summed E-state index contributed by atoms with van der Waals surface area (Å²) in [7, 11) is 0. The molecule has 2 rings (SSSR count). The van der Waals surface area contributed by atoms with Crippen LogP contribution >= 0.6 is 0 Å². The monoisotopic (exact) mass is 275 g/mol. The molecular weight excluding hydrogens is 254 g/mol. The van der Waals surface area contributed by atoms with Gasteiger partial charge in [-0.25, -0.2) is 0 Å². The molecule has 0 saturated carbocycles. The summed E-state index contributed by atoms with van der Waals surface area (Å²) in [6.07, 6.45) is 1.37. The Labute approximate surface area is 118 Å². The van der Waals surface area contributed by atoms with Gasteiger partial charge in [0.25, 0.3) is 5.91 Å². The molecule has 0 aliphatic carbocycles. The van der Waals surface area contributed by atoms with E-state index in [-0.39, 0.29) is 11.8 Å². The second-order valence-corrected chi connectivity index (χ2v) is 5.64. The van der Waals surface area contributed by atoms with Crippen molar-refractivity contribution in [2.75, 3.05) is 19.6 Å². The fraction of sp³-hybridized carbons (Fsp3) is 0.467. The Morgan fingerprint density at radius 3 is 2.75 bits per heavy atom. The minimum atomic E-state index is -0.607. The van der Waals surface area contributed by atoms with Crippen molar-refractivity contribution in [3.63, 3.8) is 0 Å². The van der Waals surface area contributed by atoms with Gasteiger partial charge >= 0.3 is 0 Å². The van der Waals surface area contributed by atoms with Crippen LogP contribution in [0.1, 0.15) is 29.3 Å². The Morgan fingerprint density at radius 2 is 2.15 bits per heavy atom. The number of nitrogens with zero attached hydrogens (tertiary/aromatic N) is 1. The van der Waals surface area contributed by atoms with E-state index in [1.165, 1.54) is 0 Å². The highest BCUT2D eigenvalue weighted by Gasteiger charge is 2.40. The van der Waals surface area contributed by atoms with Gasteiger partial charge in [0, 0.05) is 18.7 Å². The van der Waals surface area contributed by atoms with Crippen LogP contribution in [0.3, 0.4) is 0 Å². The van der Waals surface area contributed by atoms with Gasteiger partial charge in [0.15, 0.2) is 0 Å². The molecule has 0 aromatic heterocycles. The van der Waals surface area contributed by atoms with E-state index < -0.39 is 5.41 Å². The molecule has 1 aliphatic rings. The van der Waals surface area contributed by atoms with E-state index in [9.17, 15) is 9.59 Å². The van der Waals surface area contributed by atoms with Gasteiger partial charge in [0.2, 0.25) is 5.91 Å². The smallest absolute Gasteiger partial charge is 0.253 e. The lowest BCUT2D eigenvalue weighted by atomic mass is 9.89. The first-order chi connectivity index (χ1) is 9.46. The molecule has 1 saturated heterocycles. The van der Waals surface area contributed by atoms with Gasteiger partial charge in [-0.1, -0.05) is 12.1 Å². The zero-order chi connectivity index (χ0) is 14.8. The van der Waals surface area contributed by atoms with Crippen LogP contribution in [0.2, 0.25) is 0 Å². The molecule has 1 fully saturated rings. The Balaban J connectivity index is 2.13. The summed E-state index contributed by atoms with van der Waals surface area (Å²) >= 11 is 0. The maximum atomic E-state index is 12.5. The standard InChI is InChI=1S/C15H21N3O2/c1-15(14(17)20)6-8-18(10-15)13(19)12-4-2-3-11(9-12)5-7-16/h2-4,9H,5-8,10,16H2,1H3,(H2,17,20). The molecule has 20 heavy (non-hydrogen) atoms. The number of rotatable bonds is 4. The number of benzene rings is 1. The molecule has 5 nitrogen and oxygen atoms in total. The summed E-state index contributed by atoms with van der Waals surface area (Å²) in [5.41, 5.74) is 12.0. The summed E-state index contributed by atoms with van der Waals surface area (Å²) in [5.74, 6) is -0.390. The highest BCUT2D eigenvalue weighted by Crippen LogP contribution is 2.30. The molecule has 0 bridgehead atoms. The van der Waals surface area contributed by atoms with E-state index in [1.807, 2.05) is 25.1 Å². The number of hydrogen-bond acceptors (Lipinski definition) is 3. The largest absolute Gasteiger partial charge is 0.369 e. The van der Waals surface area contributed by atoms with Gasteiger partial charge in [-0.05, 0) is 44.0 Å². The van der Waals surface area contributed by atoms with Crippen molar-refractivity contribution in [3.8, 4) is 0 Å². The third kappa shape index (κ3) is 2.82. The predicted molar refractivity (Wildman–Crippen MR) is 77.0 cm³/mol. The third-order valence-electron chi connectivity index (χ3n) is 3.96. The number of carbonyl (C=O) groups excluding carboxylic acids is 2. The van der Waals surface area contributed by atoms with Gasteiger partial charge in [0.1, 0.15) is 0 Å². The Bertz CT molecular complexity index is 530. The van der Waals surface area contributed by atoms with Crippen LogP contribution in [0.25, 0.3) is 0 Å². The number of primary amides is 1. The van der Waals surface area contributed by atoms with E-state index in [4.69, 9.17) is 11.5 Å². The Morgan fingerprint density at radius 1 is 1.40 bits per heavy atom. The van der Waals surface area contributed by atoms with Gasteiger partial charge in [-0.15, -0.1) is 0 Å². The average molecular weight is 275 g/mol. The molecule has 5 heteroatoms. The van der Waals surface area contributed by atoms with Crippen molar-refractivity contribution < 1.29 is 9.59 Å². The number of nitrogens with two attached hydrogens (primary N) is 2. The van der Waals surface area contributed by atoms with E-state index in [0.717, 1.165) is 12.0 Å². The van der Waals surface area contributed by atoms with Gasteiger partial charge < -0.3 is 16.4 Å². The van der Waals surface area contributed by atoms with Crippen molar-refractivity contribution in [1.82, 2.24) is 4.90 Å². The van der Waals surface area contributed by atoms with Crippen LogP contribution in [-0.4, -0.2) is 36.3 Å². The molecule has 4 N–H and O–H groups in total. The summed E-state index contributed by atoms with van der Waals surface area (Å²) < 4.78 is 0. The molecule has 1 atom stereocenters. The van der Waals surface area contributed by atoms with E-state index in [0.29, 0.717) is 31.6 Å². The summed E-state index contributed by atoms with van der Waals surface area (Å²) in [6, 6.07) is 7.49. The van der Waals surface area contributed by atoms with Gasteiger partial charge in [-0.3, -0.25) is 9.59 Å². The highest BCUT2D eigenvalue weighted by molar-refractivity contribution is 5.95. The molecule has 1 aromatic carbocycles. The lowest BCUT2D eigenvalue weighted by molar-refractivity contribution is -0.126. The molecular formula is C15H21N3O2. The number of likely N-dealkylation sites (tertiary alicyclic amines) is 1. The fourth-order valence-corrected chi connectivity index (χ4v) is 2.54. The summed E-state index contributed by atoms with van der Waals surface area (Å²) in [5, 5.41) is 0. The van der Waals surface area contributed by atoms with Gasteiger partial charge in [-0.2, -0.15) is 0 Å². The molecule has 1 aromatic rings. The van der Waals surface area contributed by atoms with Gasteiger partial charge in [0.05, 0.1) is 5.41 Å². The van der Waals surface area contributed by atoms with Crippen LogP contribution in [0.5, 0.6) is 0 Å². The van der Waals surface area contributed by atoms with Crippen LogP contribution in [0, 0.1) is 5.41 Å². The first-order valence-corrected chi connectivity index (χ1v) is 6.84. The van der Waals surface area contributed by atoms with E-state index >= 15 is 0 Å². The van der Waals surface area contributed by atoms with Crippen LogP contribution in [0.4, 0.5) is 0 Å². The lowest BCUT2D eigenvalue weighted by Gasteiger charge is -2.21. The van der Waals surface area contributed by atoms with Crippen LogP contribution in [0.15, 0.2) is 24.3 Å². The third-order valence-corrected chi connectivity index (χ3v) is 3.96. The Hall–Kier alpha value is -1.88. The molecule has 0 radical (unpaired) electrons. The summed E-state index contributed by atoms with van der Waals surface area (Å²) in [6.45, 7) is 3.33. The van der Waals surface area contributed by atoms with Crippen molar-refractivity contribution in [2.24, 2.45) is 16.9 Å². The molecule has 0 spiro atoms. The summed E-state index contributed by atoms with van der Waals surface area (Å²) in [4.78, 5) is 25.6. The first-order valence-electron chi connectivity index (χ1n) is 6.84. The molecule has 108 valence electrons. The van der Waals surface area contributed by atoms with Crippen molar-refractivity contribution in [2.45, 2.75) is 19.8 Å². The minimum absolute atomic E-state index is 0.0474. The second-order valence-electron chi connectivity index (χ2n) is 5.64. The highest BCUT2D eigenvalue weighted by atomic mass is 16.2. The zero-order valence-electron chi connectivity index (χ0n) is 11.8. The molecule has 1 aliphatic heterocycles. The minimum Gasteiger partial charge on any atom is -0.369 e. The fourth-order valence-electron chi connectivity index (χ4n) is 2.54. The topological polar surface area (TPSA) is 89.4 Å². The van der Waals surface area contributed by atoms with Crippen LogP contribution in [-0.2, 0) is 11.2 Å². The number of hydrogen-bond donors (Lipinski definition) is 2. The lowest BCUT2D eigenvalue weighted by Crippen LogP contribution is -2.38. The molecule has 1 heterocycles. The first kappa shape index (κ1) is 14.5. The zero-order valence-corrected chi connectivity index (χ0v) is 11.8. The maximum absolute atomic E-state index is 12.5. The maximum Gasteiger partial charge on any atom is 0.253 e. The average Bonchev–Trinajstić information content (AvgIpc) is 2.83.